The van der Waals surface area contributed by atoms with Gasteiger partial charge < -0.3 is 5.32 Å². The van der Waals surface area contributed by atoms with Gasteiger partial charge in [0.05, 0.1) is 0 Å². The van der Waals surface area contributed by atoms with Gasteiger partial charge in [0.2, 0.25) is 0 Å². The highest BCUT2D eigenvalue weighted by molar-refractivity contribution is 7.86. The Morgan fingerprint density at radius 3 is 2.70 bits per heavy atom. The number of pyridine rings is 1. The van der Waals surface area contributed by atoms with Gasteiger partial charge in [0.1, 0.15) is 0 Å². The van der Waals surface area contributed by atoms with Crippen LogP contribution in [-0.2, 0) is 16.8 Å². The van der Waals surface area contributed by atoms with E-state index in [4.69, 9.17) is 0 Å². The summed E-state index contributed by atoms with van der Waals surface area (Å²) in [6.45, 7) is 2.98. The molecule has 0 radical (unpaired) electrons. The third-order valence-corrected chi connectivity index (χ3v) is 5.75. The smallest absolute Gasteiger partial charge is 0.282 e. The first-order valence-corrected chi connectivity index (χ1v) is 8.44. The molecule has 1 aromatic heterocycles. The summed E-state index contributed by atoms with van der Waals surface area (Å²) in [5.74, 6) is 0. The van der Waals surface area contributed by atoms with Crippen molar-refractivity contribution in [3.05, 3.63) is 30.1 Å². The van der Waals surface area contributed by atoms with Crippen molar-refractivity contribution < 1.29 is 8.42 Å². The van der Waals surface area contributed by atoms with Gasteiger partial charge in [0.25, 0.3) is 10.2 Å². The van der Waals surface area contributed by atoms with E-state index in [1.165, 1.54) is 0 Å². The fourth-order valence-corrected chi connectivity index (χ4v) is 4.30. The summed E-state index contributed by atoms with van der Waals surface area (Å²) in [7, 11) is -3.36. The van der Waals surface area contributed by atoms with Crippen LogP contribution in [0.5, 0.6) is 0 Å². The molecular formula is C13H20N4O2S. The fraction of sp³-hybridized carbons (Fsp3) is 0.615. The second kappa shape index (κ2) is 5.77. The molecule has 0 atom stereocenters. The monoisotopic (exact) mass is 296 g/mol. The third-order valence-electron chi connectivity index (χ3n) is 3.71. The van der Waals surface area contributed by atoms with E-state index in [1.807, 2.05) is 12.1 Å². The molecule has 7 heteroatoms. The first kappa shape index (κ1) is 13.9. The summed E-state index contributed by atoms with van der Waals surface area (Å²) in [4.78, 5) is 4.07. The van der Waals surface area contributed by atoms with Crippen LogP contribution >= 0.6 is 0 Å². The highest BCUT2D eigenvalue weighted by atomic mass is 32.2. The zero-order valence-electron chi connectivity index (χ0n) is 11.4. The molecule has 2 fully saturated rings. The van der Waals surface area contributed by atoms with E-state index in [1.54, 1.807) is 21.0 Å². The molecule has 0 spiro atoms. The van der Waals surface area contributed by atoms with E-state index in [9.17, 15) is 8.42 Å². The van der Waals surface area contributed by atoms with Crippen molar-refractivity contribution in [2.24, 2.45) is 0 Å². The number of hydrogen-bond acceptors (Lipinski definition) is 4. The Hall–Kier alpha value is -1.02. The van der Waals surface area contributed by atoms with Gasteiger partial charge in [0.15, 0.2) is 0 Å². The van der Waals surface area contributed by atoms with E-state index < -0.39 is 10.2 Å². The molecule has 1 N–H and O–H groups in total. The van der Waals surface area contributed by atoms with Gasteiger partial charge in [-0.15, -0.1) is 0 Å². The molecule has 1 saturated heterocycles. The van der Waals surface area contributed by atoms with Crippen molar-refractivity contribution in [2.45, 2.75) is 25.4 Å². The van der Waals surface area contributed by atoms with E-state index in [-0.39, 0.29) is 6.04 Å². The van der Waals surface area contributed by atoms with Crippen LogP contribution < -0.4 is 5.32 Å². The maximum atomic E-state index is 12.8. The predicted octanol–water partition coefficient (Wildman–Crippen LogP) is 0.196. The molecule has 0 unspecified atom stereocenters. The molecule has 0 amide bonds. The van der Waals surface area contributed by atoms with Crippen molar-refractivity contribution in [3.63, 3.8) is 0 Å². The zero-order chi connectivity index (χ0) is 14.0. The summed E-state index contributed by atoms with van der Waals surface area (Å²) in [5.41, 5.74) is 0.943. The minimum Gasteiger partial charge on any atom is -0.314 e. The van der Waals surface area contributed by atoms with Crippen LogP contribution in [0.2, 0.25) is 0 Å². The molecule has 0 bridgehead atoms. The van der Waals surface area contributed by atoms with Gasteiger partial charge in [0, 0.05) is 51.2 Å². The van der Waals surface area contributed by atoms with Gasteiger partial charge >= 0.3 is 0 Å². The minimum atomic E-state index is -3.36. The number of nitrogens with zero attached hydrogens (tertiary/aromatic N) is 3. The Kier molecular flexibility index (Phi) is 4.02. The average molecular weight is 296 g/mol. The molecule has 1 saturated carbocycles. The zero-order valence-corrected chi connectivity index (χ0v) is 12.2. The second-order valence-electron chi connectivity index (χ2n) is 5.29. The molecule has 6 nitrogen and oxygen atoms in total. The summed E-state index contributed by atoms with van der Waals surface area (Å²) in [5, 5.41) is 3.19. The Labute approximate surface area is 120 Å². The standard InChI is InChI=1S/C13H20N4O2S/c18-20(19,16-8-6-14-7-9-16)17(13-3-4-13)11-12-2-1-5-15-10-12/h1-2,5,10,13-14H,3-4,6-9,11H2. The maximum Gasteiger partial charge on any atom is 0.282 e. The van der Waals surface area contributed by atoms with Crippen LogP contribution in [-0.4, -0.2) is 54.2 Å². The summed E-state index contributed by atoms with van der Waals surface area (Å²) < 4.78 is 28.8. The van der Waals surface area contributed by atoms with Crippen molar-refractivity contribution in [3.8, 4) is 0 Å². The number of piperazine rings is 1. The van der Waals surface area contributed by atoms with Gasteiger partial charge in [-0.25, -0.2) is 0 Å². The Bertz CT molecular complexity index is 539. The van der Waals surface area contributed by atoms with Crippen molar-refractivity contribution >= 4 is 10.2 Å². The lowest BCUT2D eigenvalue weighted by molar-refractivity contribution is 0.304. The van der Waals surface area contributed by atoms with Crippen LogP contribution in [0, 0.1) is 0 Å². The Morgan fingerprint density at radius 2 is 2.10 bits per heavy atom. The average Bonchev–Trinajstić information content (AvgIpc) is 3.31. The van der Waals surface area contributed by atoms with Gasteiger partial charge in [-0.05, 0) is 24.5 Å². The largest absolute Gasteiger partial charge is 0.314 e. The van der Waals surface area contributed by atoms with E-state index in [2.05, 4.69) is 10.3 Å². The van der Waals surface area contributed by atoms with Crippen LogP contribution in [0.4, 0.5) is 0 Å². The molecular weight excluding hydrogens is 276 g/mol. The highest BCUT2D eigenvalue weighted by Crippen LogP contribution is 2.32. The fourth-order valence-electron chi connectivity index (χ4n) is 2.46. The third kappa shape index (κ3) is 3.01. The molecule has 1 aromatic rings. The number of hydrogen-bond donors (Lipinski definition) is 1. The quantitative estimate of drug-likeness (QED) is 0.843. The Morgan fingerprint density at radius 1 is 1.35 bits per heavy atom. The minimum absolute atomic E-state index is 0.162. The molecule has 2 heterocycles. The summed E-state index contributed by atoms with van der Waals surface area (Å²) in [6.07, 6.45) is 5.37. The molecule has 0 aromatic carbocycles. The lowest BCUT2D eigenvalue weighted by atomic mass is 10.3. The predicted molar refractivity (Wildman–Crippen MR) is 76.2 cm³/mol. The second-order valence-corrected chi connectivity index (χ2v) is 7.18. The molecule has 2 aliphatic rings. The molecule has 20 heavy (non-hydrogen) atoms. The topological polar surface area (TPSA) is 65.5 Å². The molecule has 1 aliphatic heterocycles. The van der Waals surface area contributed by atoms with Crippen LogP contribution in [0.1, 0.15) is 18.4 Å². The lowest BCUT2D eigenvalue weighted by Crippen LogP contribution is -2.52. The van der Waals surface area contributed by atoms with Crippen LogP contribution in [0.3, 0.4) is 0 Å². The van der Waals surface area contributed by atoms with Crippen molar-refractivity contribution in [2.75, 3.05) is 26.2 Å². The van der Waals surface area contributed by atoms with E-state index in [0.717, 1.165) is 31.5 Å². The van der Waals surface area contributed by atoms with Gasteiger partial charge in [-0.3, -0.25) is 4.98 Å². The van der Waals surface area contributed by atoms with Crippen molar-refractivity contribution in [1.29, 1.82) is 0 Å². The van der Waals surface area contributed by atoms with Crippen LogP contribution in [0.15, 0.2) is 24.5 Å². The van der Waals surface area contributed by atoms with E-state index >= 15 is 0 Å². The summed E-state index contributed by atoms with van der Waals surface area (Å²) in [6, 6.07) is 3.93. The summed E-state index contributed by atoms with van der Waals surface area (Å²) >= 11 is 0. The van der Waals surface area contributed by atoms with Crippen molar-refractivity contribution in [1.82, 2.24) is 18.9 Å². The maximum absolute atomic E-state index is 12.8. The van der Waals surface area contributed by atoms with Gasteiger partial charge in [-0.1, -0.05) is 6.07 Å². The normalized spacial score (nSPS) is 21.2. The Balaban J connectivity index is 1.79. The molecule has 1 aliphatic carbocycles. The van der Waals surface area contributed by atoms with E-state index in [0.29, 0.717) is 19.6 Å². The molecule has 3 rings (SSSR count). The lowest BCUT2D eigenvalue weighted by Gasteiger charge is -2.32. The SMILES string of the molecule is O=S(=O)(N1CCNCC1)N(Cc1cccnc1)C1CC1. The number of aromatic nitrogens is 1. The van der Waals surface area contributed by atoms with Crippen LogP contribution in [0.25, 0.3) is 0 Å². The van der Waals surface area contributed by atoms with Gasteiger partial charge in [-0.2, -0.15) is 17.0 Å². The molecule has 110 valence electrons. The first-order chi connectivity index (χ1) is 9.68. The number of nitrogens with one attached hydrogen (secondary N) is 1. The highest BCUT2D eigenvalue weighted by Gasteiger charge is 2.40. The number of rotatable bonds is 5. The first-order valence-electron chi connectivity index (χ1n) is 7.04.